The number of tetrazole rings is 1. The fraction of sp³-hybridized carbons (Fsp3) is 0.519. The monoisotopic (exact) mass is 569 g/mol. The molecule has 0 aliphatic carbocycles. The first-order valence-electron chi connectivity index (χ1n) is 12.9. The van der Waals surface area contributed by atoms with E-state index in [9.17, 15) is 31.4 Å². The zero-order chi connectivity index (χ0) is 28.9. The molecule has 2 aliphatic rings. The molecular weight excluding hydrogens is 540 g/mol. The highest BCUT2D eigenvalue weighted by atomic mass is 19.4. The summed E-state index contributed by atoms with van der Waals surface area (Å²) >= 11 is 0. The number of aliphatic hydroxyl groups is 1. The van der Waals surface area contributed by atoms with Crippen LogP contribution in [0.15, 0.2) is 48.5 Å². The molecule has 4 unspecified atom stereocenters. The van der Waals surface area contributed by atoms with Gasteiger partial charge in [0.1, 0.15) is 0 Å². The van der Waals surface area contributed by atoms with Crippen molar-refractivity contribution in [3.63, 3.8) is 0 Å². The largest absolute Gasteiger partial charge is 0.416 e. The molecule has 0 radical (unpaired) electrons. The van der Waals surface area contributed by atoms with Gasteiger partial charge in [-0.15, -0.1) is 10.2 Å². The molecule has 1 aromatic heterocycles. The Hall–Kier alpha value is -3.03. The van der Waals surface area contributed by atoms with Gasteiger partial charge in [0.2, 0.25) is 0 Å². The van der Waals surface area contributed by atoms with Gasteiger partial charge in [0.15, 0.2) is 5.82 Å². The van der Waals surface area contributed by atoms with Crippen molar-refractivity contribution in [1.82, 2.24) is 25.5 Å². The smallest absolute Gasteiger partial charge is 0.388 e. The summed E-state index contributed by atoms with van der Waals surface area (Å²) in [5.41, 5.74) is -3.88. The Kier molecular flexibility index (Phi) is 7.20. The average Bonchev–Trinajstić information content (AvgIpc) is 3.44. The lowest BCUT2D eigenvalue weighted by Gasteiger charge is -2.42. The number of nitrogens with zero attached hydrogens (tertiary/aromatic N) is 4. The van der Waals surface area contributed by atoms with Crippen LogP contribution < -0.4 is 5.32 Å². The van der Waals surface area contributed by atoms with E-state index in [-0.39, 0.29) is 30.1 Å². The Morgan fingerprint density at radius 2 is 1.65 bits per heavy atom. The molecule has 2 saturated heterocycles. The second-order valence-electron chi connectivity index (χ2n) is 11.2. The van der Waals surface area contributed by atoms with E-state index >= 15 is 0 Å². The SMILES string of the molecule is CC(C)(O)Cn1nnc(C2CC3(c4ccccc4)NC2CCC3OCc2cc(C(F)(F)F)cc(C(F)(F)F)c2)n1. The summed E-state index contributed by atoms with van der Waals surface area (Å²) in [6.07, 6.45) is -8.79. The molecule has 3 heterocycles. The number of nitrogens with one attached hydrogen (secondary N) is 1. The van der Waals surface area contributed by atoms with Gasteiger partial charge in [-0.3, -0.25) is 0 Å². The third-order valence-corrected chi connectivity index (χ3v) is 7.48. The van der Waals surface area contributed by atoms with Crippen molar-refractivity contribution in [2.24, 2.45) is 0 Å². The lowest BCUT2D eigenvalue weighted by molar-refractivity contribution is -0.143. The summed E-state index contributed by atoms with van der Waals surface area (Å²) in [6, 6.07) is 10.9. The van der Waals surface area contributed by atoms with Crippen LogP contribution in [0, 0.1) is 0 Å². The van der Waals surface area contributed by atoms with Gasteiger partial charge in [0.05, 0.1) is 41.5 Å². The molecule has 3 aromatic rings. The van der Waals surface area contributed by atoms with Crippen LogP contribution in [0.3, 0.4) is 0 Å². The number of rotatable bonds is 7. The van der Waals surface area contributed by atoms with Gasteiger partial charge in [0, 0.05) is 12.0 Å². The van der Waals surface area contributed by atoms with Crippen molar-refractivity contribution < 1.29 is 36.2 Å². The highest BCUT2D eigenvalue weighted by Crippen LogP contribution is 2.50. The molecule has 13 heteroatoms. The number of halogens is 6. The van der Waals surface area contributed by atoms with Crippen molar-refractivity contribution in [2.75, 3.05) is 0 Å². The third-order valence-electron chi connectivity index (χ3n) is 7.48. The average molecular weight is 570 g/mol. The van der Waals surface area contributed by atoms with Gasteiger partial charge in [-0.05, 0) is 67.6 Å². The van der Waals surface area contributed by atoms with Gasteiger partial charge < -0.3 is 15.2 Å². The Labute approximate surface area is 226 Å². The lowest BCUT2D eigenvalue weighted by atomic mass is 9.80. The number of ether oxygens (including phenoxy) is 1. The Bertz CT molecular complexity index is 1310. The number of aromatic nitrogens is 4. The van der Waals surface area contributed by atoms with E-state index in [1.165, 1.54) is 4.80 Å². The van der Waals surface area contributed by atoms with Gasteiger partial charge in [-0.1, -0.05) is 30.3 Å². The summed E-state index contributed by atoms with van der Waals surface area (Å²) in [4.78, 5) is 1.34. The maximum absolute atomic E-state index is 13.4. The first kappa shape index (κ1) is 28.5. The lowest BCUT2D eigenvalue weighted by Crippen LogP contribution is -2.54. The van der Waals surface area contributed by atoms with E-state index < -0.39 is 47.3 Å². The first-order valence-corrected chi connectivity index (χ1v) is 12.9. The van der Waals surface area contributed by atoms with Gasteiger partial charge in [0.25, 0.3) is 0 Å². The zero-order valence-corrected chi connectivity index (χ0v) is 21.8. The highest BCUT2D eigenvalue weighted by molar-refractivity contribution is 5.35. The number of hydrogen-bond acceptors (Lipinski definition) is 6. The van der Waals surface area contributed by atoms with Crippen LogP contribution in [0.5, 0.6) is 0 Å². The van der Waals surface area contributed by atoms with Gasteiger partial charge in [-0.2, -0.15) is 31.1 Å². The third kappa shape index (κ3) is 5.86. The summed E-state index contributed by atoms with van der Waals surface area (Å²) in [6.45, 7) is 2.99. The van der Waals surface area contributed by atoms with E-state index in [4.69, 9.17) is 4.74 Å². The van der Waals surface area contributed by atoms with Gasteiger partial charge >= 0.3 is 12.4 Å². The van der Waals surface area contributed by atoms with E-state index in [1.807, 2.05) is 30.3 Å². The second kappa shape index (κ2) is 10.1. The molecule has 2 bridgehead atoms. The minimum absolute atomic E-state index is 0.0507. The van der Waals surface area contributed by atoms with E-state index in [2.05, 4.69) is 20.7 Å². The Morgan fingerprint density at radius 1 is 1.00 bits per heavy atom. The predicted molar refractivity (Wildman–Crippen MR) is 131 cm³/mol. The summed E-state index contributed by atoms with van der Waals surface area (Å²) < 4.78 is 86.4. The van der Waals surface area contributed by atoms with Crippen LogP contribution in [-0.2, 0) is 35.8 Å². The molecule has 40 heavy (non-hydrogen) atoms. The van der Waals surface area contributed by atoms with E-state index in [1.54, 1.807) is 13.8 Å². The number of hydrogen-bond donors (Lipinski definition) is 2. The van der Waals surface area contributed by atoms with Gasteiger partial charge in [-0.25, -0.2) is 0 Å². The number of fused-ring (bicyclic) bond motifs is 2. The van der Waals surface area contributed by atoms with Crippen LogP contribution in [0.2, 0.25) is 0 Å². The maximum Gasteiger partial charge on any atom is 0.416 e. The van der Waals surface area contributed by atoms with Crippen LogP contribution in [0.25, 0.3) is 0 Å². The minimum atomic E-state index is -4.94. The van der Waals surface area contributed by atoms with E-state index in [0.717, 1.165) is 5.56 Å². The van der Waals surface area contributed by atoms with Crippen LogP contribution in [0.4, 0.5) is 26.3 Å². The van der Waals surface area contributed by atoms with Crippen molar-refractivity contribution in [1.29, 1.82) is 0 Å². The van der Waals surface area contributed by atoms with Crippen LogP contribution in [-0.4, -0.2) is 43.1 Å². The quantitative estimate of drug-likeness (QED) is 0.381. The normalized spacial score (nSPS) is 25.4. The number of piperidine rings is 1. The van der Waals surface area contributed by atoms with Crippen molar-refractivity contribution in [2.45, 2.75) is 87.8 Å². The number of benzene rings is 2. The molecule has 4 atom stereocenters. The second-order valence-corrected chi connectivity index (χ2v) is 11.2. The fourth-order valence-electron chi connectivity index (χ4n) is 5.79. The standard InChI is InChI=1S/C27H29F6N5O2/c1-24(2,39)15-38-36-23(35-37-38)20-13-25(17-6-4-3-5-7-17)22(9-8-21(20)34-25)40-14-16-10-18(26(28,29)30)12-19(11-16)27(31,32)33/h3-7,10-12,20-22,34,39H,8-9,13-15H2,1-2H3. The van der Waals surface area contributed by atoms with Crippen molar-refractivity contribution >= 4 is 0 Å². The van der Waals surface area contributed by atoms with Crippen LogP contribution in [0.1, 0.15) is 67.1 Å². The molecule has 5 rings (SSSR count). The maximum atomic E-state index is 13.4. The summed E-state index contributed by atoms with van der Waals surface area (Å²) in [7, 11) is 0. The summed E-state index contributed by atoms with van der Waals surface area (Å²) in [5.74, 6) is 0.322. The number of alkyl halides is 6. The van der Waals surface area contributed by atoms with Crippen LogP contribution >= 0.6 is 0 Å². The minimum Gasteiger partial charge on any atom is -0.388 e. The topological polar surface area (TPSA) is 85.1 Å². The van der Waals surface area contributed by atoms with Crippen molar-refractivity contribution in [3.05, 3.63) is 76.6 Å². The molecule has 2 fully saturated rings. The Balaban J connectivity index is 1.43. The zero-order valence-electron chi connectivity index (χ0n) is 21.8. The summed E-state index contributed by atoms with van der Waals surface area (Å²) in [5, 5.41) is 26.5. The first-order chi connectivity index (χ1) is 18.6. The van der Waals surface area contributed by atoms with E-state index in [0.29, 0.717) is 37.2 Å². The predicted octanol–water partition coefficient (Wildman–Crippen LogP) is 5.20. The molecular formula is C27H29F6N5O2. The molecule has 0 saturated carbocycles. The Morgan fingerprint density at radius 3 is 2.25 bits per heavy atom. The molecule has 2 N–H and O–H groups in total. The molecule has 0 spiro atoms. The molecule has 7 nitrogen and oxygen atoms in total. The van der Waals surface area contributed by atoms with Crippen molar-refractivity contribution in [3.8, 4) is 0 Å². The molecule has 0 amide bonds. The molecule has 2 aromatic carbocycles. The highest BCUT2D eigenvalue weighted by Gasteiger charge is 2.55. The molecule has 216 valence electrons. The molecule has 2 aliphatic heterocycles. The fourth-order valence-corrected chi connectivity index (χ4v) is 5.79.